The van der Waals surface area contributed by atoms with Gasteiger partial charge in [-0.05, 0) is 36.1 Å². The topological polar surface area (TPSA) is 47.3 Å². The minimum atomic E-state index is 0.713. The number of carbonyl (C=O) groups is 1. The van der Waals surface area contributed by atoms with E-state index in [0.717, 1.165) is 30.3 Å². The molecule has 4 heteroatoms. The van der Waals surface area contributed by atoms with Crippen LogP contribution in [0.4, 0.5) is 0 Å². The molecule has 4 nitrogen and oxygen atoms in total. The molecule has 0 aliphatic rings. The van der Waals surface area contributed by atoms with Gasteiger partial charge in [0.1, 0.15) is 11.9 Å². The zero-order valence-electron chi connectivity index (χ0n) is 10.4. The second-order valence-corrected chi connectivity index (χ2v) is 4.38. The molecule has 0 spiro atoms. The highest BCUT2D eigenvalue weighted by molar-refractivity contribution is 5.76. The Balaban J connectivity index is 1.86. The molecular formula is C15H13N3O. The van der Waals surface area contributed by atoms with Gasteiger partial charge in [0.2, 0.25) is 0 Å². The van der Waals surface area contributed by atoms with Crippen molar-refractivity contribution in [3.05, 3.63) is 65.9 Å². The van der Waals surface area contributed by atoms with E-state index in [9.17, 15) is 4.79 Å². The van der Waals surface area contributed by atoms with Crippen molar-refractivity contribution < 1.29 is 4.79 Å². The van der Waals surface area contributed by atoms with Crippen LogP contribution in [-0.4, -0.2) is 20.7 Å². The maximum absolute atomic E-state index is 11.0. The van der Waals surface area contributed by atoms with Crippen LogP contribution in [-0.2, 0) is 12.8 Å². The van der Waals surface area contributed by atoms with Gasteiger partial charge in [-0.1, -0.05) is 6.07 Å². The Morgan fingerprint density at radius 1 is 1.11 bits per heavy atom. The van der Waals surface area contributed by atoms with E-state index in [4.69, 9.17) is 0 Å². The van der Waals surface area contributed by atoms with E-state index in [-0.39, 0.29) is 0 Å². The van der Waals surface area contributed by atoms with E-state index in [0.29, 0.717) is 5.56 Å². The molecule has 0 atom stereocenters. The standard InChI is InChI=1S/C15H13N3O/c19-11-14-5-6-16-10-13(14)4-3-12-2-1-8-18-9-7-17-15(12)18/h1-2,5-11H,3-4H2. The number of pyridine rings is 2. The molecule has 0 amide bonds. The summed E-state index contributed by atoms with van der Waals surface area (Å²) < 4.78 is 2.00. The molecule has 3 heterocycles. The quantitative estimate of drug-likeness (QED) is 0.668. The summed E-state index contributed by atoms with van der Waals surface area (Å²) in [6.45, 7) is 0. The molecule has 0 N–H and O–H groups in total. The lowest BCUT2D eigenvalue weighted by molar-refractivity contribution is 0.112. The predicted octanol–water partition coefficient (Wildman–Crippen LogP) is 2.33. The number of hydrogen-bond donors (Lipinski definition) is 0. The first-order valence-electron chi connectivity index (χ1n) is 6.17. The second-order valence-electron chi connectivity index (χ2n) is 4.38. The first-order chi connectivity index (χ1) is 9.38. The highest BCUT2D eigenvalue weighted by atomic mass is 16.1. The first-order valence-corrected chi connectivity index (χ1v) is 6.17. The average Bonchev–Trinajstić information content (AvgIpc) is 2.94. The van der Waals surface area contributed by atoms with Crippen LogP contribution >= 0.6 is 0 Å². The fourth-order valence-electron chi connectivity index (χ4n) is 2.23. The molecule has 0 saturated carbocycles. The van der Waals surface area contributed by atoms with Crippen molar-refractivity contribution in [1.29, 1.82) is 0 Å². The fourth-order valence-corrected chi connectivity index (χ4v) is 2.23. The minimum Gasteiger partial charge on any atom is -0.307 e. The van der Waals surface area contributed by atoms with E-state index in [1.54, 1.807) is 24.7 Å². The van der Waals surface area contributed by atoms with Crippen molar-refractivity contribution in [3.63, 3.8) is 0 Å². The zero-order valence-corrected chi connectivity index (χ0v) is 10.4. The van der Waals surface area contributed by atoms with E-state index >= 15 is 0 Å². The highest BCUT2D eigenvalue weighted by Gasteiger charge is 2.05. The Bertz CT molecular complexity index is 718. The number of aryl methyl sites for hydroxylation is 2. The van der Waals surface area contributed by atoms with Crippen LogP contribution in [0.15, 0.2) is 49.2 Å². The van der Waals surface area contributed by atoms with Gasteiger partial charge in [-0.3, -0.25) is 9.78 Å². The van der Waals surface area contributed by atoms with Crippen molar-refractivity contribution >= 4 is 11.9 Å². The van der Waals surface area contributed by atoms with Crippen LogP contribution in [0.3, 0.4) is 0 Å². The number of aromatic nitrogens is 3. The van der Waals surface area contributed by atoms with Gasteiger partial charge < -0.3 is 4.40 Å². The van der Waals surface area contributed by atoms with Crippen LogP contribution in [0, 0.1) is 0 Å². The van der Waals surface area contributed by atoms with Crippen molar-refractivity contribution in [3.8, 4) is 0 Å². The maximum Gasteiger partial charge on any atom is 0.150 e. The molecular weight excluding hydrogens is 238 g/mol. The Hall–Kier alpha value is -2.49. The van der Waals surface area contributed by atoms with Crippen LogP contribution in [0.5, 0.6) is 0 Å². The lowest BCUT2D eigenvalue weighted by Gasteiger charge is -2.05. The number of rotatable bonds is 4. The van der Waals surface area contributed by atoms with Crippen LogP contribution < -0.4 is 0 Å². The third kappa shape index (κ3) is 2.25. The van der Waals surface area contributed by atoms with Crippen molar-refractivity contribution in [1.82, 2.24) is 14.4 Å². The average molecular weight is 251 g/mol. The monoisotopic (exact) mass is 251 g/mol. The molecule has 0 fully saturated rings. The summed E-state index contributed by atoms with van der Waals surface area (Å²) >= 11 is 0. The summed E-state index contributed by atoms with van der Waals surface area (Å²) in [5, 5.41) is 0. The number of carbonyl (C=O) groups excluding carboxylic acids is 1. The molecule has 0 aromatic carbocycles. The zero-order chi connectivity index (χ0) is 13.1. The molecule has 0 aliphatic heterocycles. The number of imidazole rings is 1. The van der Waals surface area contributed by atoms with Crippen LogP contribution in [0.2, 0.25) is 0 Å². The fraction of sp³-hybridized carbons (Fsp3) is 0.133. The third-order valence-corrected chi connectivity index (χ3v) is 3.23. The van der Waals surface area contributed by atoms with E-state index in [2.05, 4.69) is 16.0 Å². The minimum absolute atomic E-state index is 0.713. The molecule has 0 saturated heterocycles. The summed E-state index contributed by atoms with van der Waals surface area (Å²) in [6, 6.07) is 5.83. The Labute approximate surface area is 110 Å². The van der Waals surface area contributed by atoms with Crippen molar-refractivity contribution in [2.75, 3.05) is 0 Å². The molecule has 3 aromatic heterocycles. The summed E-state index contributed by atoms with van der Waals surface area (Å²) in [4.78, 5) is 19.4. The summed E-state index contributed by atoms with van der Waals surface area (Å²) in [7, 11) is 0. The Morgan fingerprint density at radius 3 is 2.89 bits per heavy atom. The van der Waals surface area contributed by atoms with E-state index < -0.39 is 0 Å². The number of nitrogens with zero attached hydrogens (tertiary/aromatic N) is 3. The largest absolute Gasteiger partial charge is 0.307 e. The van der Waals surface area contributed by atoms with Crippen LogP contribution in [0.25, 0.3) is 5.65 Å². The van der Waals surface area contributed by atoms with Crippen LogP contribution in [0.1, 0.15) is 21.5 Å². The summed E-state index contributed by atoms with van der Waals surface area (Å²) in [6.07, 6.45) is 11.6. The Morgan fingerprint density at radius 2 is 2.00 bits per heavy atom. The maximum atomic E-state index is 11.0. The van der Waals surface area contributed by atoms with Gasteiger partial charge in [0.15, 0.2) is 0 Å². The molecule has 0 bridgehead atoms. The van der Waals surface area contributed by atoms with Gasteiger partial charge in [-0.2, -0.15) is 0 Å². The lowest BCUT2D eigenvalue weighted by Crippen LogP contribution is -1.99. The van der Waals surface area contributed by atoms with Gasteiger partial charge in [0.05, 0.1) is 0 Å². The van der Waals surface area contributed by atoms with Gasteiger partial charge in [0, 0.05) is 36.5 Å². The van der Waals surface area contributed by atoms with Gasteiger partial charge in [-0.15, -0.1) is 0 Å². The second kappa shape index (κ2) is 5.02. The third-order valence-electron chi connectivity index (χ3n) is 3.23. The van der Waals surface area contributed by atoms with Crippen molar-refractivity contribution in [2.45, 2.75) is 12.8 Å². The van der Waals surface area contributed by atoms with E-state index in [1.807, 2.05) is 22.9 Å². The van der Waals surface area contributed by atoms with Gasteiger partial charge in [-0.25, -0.2) is 4.98 Å². The highest BCUT2D eigenvalue weighted by Crippen LogP contribution is 2.13. The number of hydrogen-bond acceptors (Lipinski definition) is 3. The summed E-state index contributed by atoms with van der Waals surface area (Å²) in [5.41, 5.74) is 3.84. The first kappa shape index (κ1) is 11.6. The molecule has 0 unspecified atom stereocenters. The molecule has 19 heavy (non-hydrogen) atoms. The smallest absolute Gasteiger partial charge is 0.150 e. The lowest BCUT2D eigenvalue weighted by atomic mass is 10.0. The SMILES string of the molecule is O=Cc1ccncc1CCc1cccn2ccnc12. The number of fused-ring (bicyclic) bond motifs is 1. The van der Waals surface area contributed by atoms with Gasteiger partial charge in [0.25, 0.3) is 0 Å². The van der Waals surface area contributed by atoms with Gasteiger partial charge >= 0.3 is 0 Å². The normalized spacial score (nSPS) is 10.7. The summed E-state index contributed by atoms with van der Waals surface area (Å²) in [5.74, 6) is 0. The van der Waals surface area contributed by atoms with E-state index in [1.165, 1.54) is 5.56 Å². The Kier molecular flexibility index (Phi) is 3.06. The molecule has 0 aliphatic carbocycles. The molecule has 3 aromatic rings. The predicted molar refractivity (Wildman–Crippen MR) is 72.2 cm³/mol. The number of aldehydes is 1. The molecule has 0 radical (unpaired) electrons. The van der Waals surface area contributed by atoms with Crippen molar-refractivity contribution in [2.24, 2.45) is 0 Å². The molecule has 94 valence electrons. The molecule has 3 rings (SSSR count).